The molecule has 0 aliphatic heterocycles. The molecule has 8 heteroatoms. The average Bonchev–Trinajstić information content (AvgIpc) is 2.89. The number of rotatable bonds is 12. The van der Waals surface area contributed by atoms with Gasteiger partial charge in [0, 0.05) is 10.0 Å². The quantitative estimate of drug-likeness (QED) is 0.130. The highest BCUT2D eigenvalue weighted by atomic mass is 79.9. The molecular weight excluding hydrogens is 524 g/mol. The predicted octanol–water partition coefficient (Wildman–Crippen LogP) is 5.94. The van der Waals surface area contributed by atoms with E-state index in [4.69, 9.17) is 14.2 Å². The van der Waals surface area contributed by atoms with Crippen LogP contribution in [0.2, 0.25) is 0 Å². The van der Waals surface area contributed by atoms with Crippen LogP contribution in [0.3, 0.4) is 0 Å². The highest BCUT2D eigenvalue weighted by Crippen LogP contribution is 2.23. The van der Waals surface area contributed by atoms with E-state index in [2.05, 4.69) is 33.4 Å². The van der Waals surface area contributed by atoms with E-state index >= 15 is 0 Å². The van der Waals surface area contributed by atoms with Crippen LogP contribution in [0.5, 0.6) is 17.2 Å². The summed E-state index contributed by atoms with van der Waals surface area (Å²) < 4.78 is 17.2. The fourth-order valence-corrected chi connectivity index (χ4v) is 3.59. The highest BCUT2D eigenvalue weighted by molar-refractivity contribution is 9.10. The maximum absolute atomic E-state index is 12.6. The molecule has 0 heterocycles. The Kier molecular flexibility index (Phi) is 10.5. The molecule has 1 N–H and O–H groups in total. The van der Waals surface area contributed by atoms with Gasteiger partial charge in [-0.1, -0.05) is 41.4 Å². The summed E-state index contributed by atoms with van der Waals surface area (Å²) >= 11 is 3.40. The van der Waals surface area contributed by atoms with Crippen molar-refractivity contribution in [1.29, 1.82) is 0 Å². The summed E-state index contributed by atoms with van der Waals surface area (Å²) in [6.07, 6.45) is 4.72. The molecule has 1 amide bonds. The van der Waals surface area contributed by atoms with Gasteiger partial charge in [-0.05, 0) is 79.9 Å². The molecule has 188 valence electrons. The van der Waals surface area contributed by atoms with Gasteiger partial charge in [0.1, 0.15) is 17.2 Å². The van der Waals surface area contributed by atoms with E-state index in [1.165, 1.54) is 11.8 Å². The standard InChI is InChI=1S/C28H29BrN2O5/c1-3-5-6-20-7-12-25(13-8-20)35-19-27(32)31-30-18-22-17-23(29)11-16-26(22)36-28(33)21-9-14-24(15-10-21)34-4-2/h7-18H,3-6,19H2,1-2H3,(H,31,32)/b30-18-. The third-order valence-corrected chi connectivity index (χ3v) is 5.57. The Morgan fingerprint density at radius 1 is 0.944 bits per heavy atom. The van der Waals surface area contributed by atoms with Crippen LogP contribution in [0, 0.1) is 0 Å². The normalized spacial score (nSPS) is 10.8. The van der Waals surface area contributed by atoms with Crippen molar-refractivity contribution < 1.29 is 23.8 Å². The molecule has 36 heavy (non-hydrogen) atoms. The van der Waals surface area contributed by atoms with Gasteiger partial charge >= 0.3 is 5.97 Å². The maximum atomic E-state index is 12.6. The Labute approximate surface area is 219 Å². The molecule has 0 unspecified atom stereocenters. The number of unbranched alkanes of at least 4 members (excludes halogenated alkanes) is 1. The monoisotopic (exact) mass is 552 g/mol. The van der Waals surface area contributed by atoms with E-state index in [9.17, 15) is 9.59 Å². The van der Waals surface area contributed by atoms with Crippen molar-refractivity contribution >= 4 is 34.0 Å². The van der Waals surface area contributed by atoms with E-state index in [-0.39, 0.29) is 6.61 Å². The van der Waals surface area contributed by atoms with Gasteiger partial charge in [0.2, 0.25) is 0 Å². The first kappa shape index (κ1) is 26.9. The molecule has 0 atom stereocenters. The van der Waals surface area contributed by atoms with E-state index in [1.807, 2.05) is 31.2 Å². The number of benzene rings is 3. The van der Waals surface area contributed by atoms with Gasteiger partial charge < -0.3 is 14.2 Å². The summed E-state index contributed by atoms with van der Waals surface area (Å²) in [5.41, 5.74) is 4.56. The number of aryl methyl sites for hydroxylation is 1. The zero-order valence-electron chi connectivity index (χ0n) is 20.3. The molecule has 0 saturated heterocycles. The van der Waals surface area contributed by atoms with Crippen LogP contribution >= 0.6 is 15.9 Å². The number of nitrogens with zero attached hydrogens (tertiary/aromatic N) is 1. The summed E-state index contributed by atoms with van der Waals surface area (Å²) in [5.74, 6) is 0.658. The number of hydrazone groups is 1. The van der Waals surface area contributed by atoms with E-state index in [0.29, 0.717) is 35.0 Å². The zero-order valence-corrected chi connectivity index (χ0v) is 21.9. The minimum Gasteiger partial charge on any atom is -0.494 e. The topological polar surface area (TPSA) is 86.2 Å². The Balaban J connectivity index is 1.55. The Bertz CT molecular complexity index is 1180. The Morgan fingerprint density at radius 2 is 1.64 bits per heavy atom. The molecule has 0 fully saturated rings. The zero-order chi connectivity index (χ0) is 25.8. The van der Waals surface area contributed by atoms with Crippen molar-refractivity contribution in [2.75, 3.05) is 13.2 Å². The number of carbonyl (C=O) groups excluding carboxylic acids is 2. The van der Waals surface area contributed by atoms with Gasteiger partial charge in [-0.3, -0.25) is 4.79 Å². The largest absolute Gasteiger partial charge is 0.494 e. The van der Waals surface area contributed by atoms with Crippen molar-refractivity contribution in [3.63, 3.8) is 0 Å². The molecule has 3 aromatic rings. The molecule has 3 aromatic carbocycles. The minimum absolute atomic E-state index is 0.177. The first-order valence-electron chi connectivity index (χ1n) is 11.8. The van der Waals surface area contributed by atoms with Crippen LogP contribution in [-0.2, 0) is 11.2 Å². The fraction of sp³-hybridized carbons (Fsp3) is 0.250. The number of amides is 1. The molecule has 0 saturated carbocycles. The number of esters is 1. The number of halogens is 1. The molecular formula is C28H29BrN2O5. The lowest BCUT2D eigenvalue weighted by Crippen LogP contribution is -2.24. The summed E-state index contributed by atoms with van der Waals surface area (Å²) in [4.78, 5) is 24.7. The van der Waals surface area contributed by atoms with Gasteiger partial charge in [0.15, 0.2) is 6.61 Å². The van der Waals surface area contributed by atoms with Crippen LogP contribution in [0.4, 0.5) is 0 Å². The molecule has 0 aliphatic rings. The van der Waals surface area contributed by atoms with Crippen LogP contribution in [0.1, 0.15) is 48.2 Å². The summed E-state index contributed by atoms with van der Waals surface area (Å²) in [6.45, 7) is 4.41. The van der Waals surface area contributed by atoms with Gasteiger partial charge in [-0.2, -0.15) is 5.10 Å². The maximum Gasteiger partial charge on any atom is 0.343 e. The van der Waals surface area contributed by atoms with Gasteiger partial charge in [-0.15, -0.1) is 0 Å². The van der Waals surface area contributed by atoms with Gasteiger partial charge in [-0.25, -0.2) is 10.2 Å². The lowest BCUT2D eigenvalue weighted by atomic mass is 10.1. The molecule has 0 spiro atoms. The third kappa shape index (κ3) is 8.53. The van der Waals surface area contributed by atoms with E-state index in [1.54, 1.807) is 42.5 Å². The second kappa shape index (κ2) is 14.0. The van der Waals surface area contributed by atoms with Crippen molar-refractivity contribution in [3.05, 3.63) is 87.9 Å². The first-order valence-corrected chi connectivity index (χ1v) is 12.6. The number of hydrogen-bond donors (Lipinski definition) is 1. The Hall–Kier alpha value is -3.65. The number of hydrogen-bond acceptors (Lipinski definition) is 6. The molecule has 0 bridgehead atoms. The Morgan fingerprint density at radius 3 is 2.33 bits per heavy atom. The minimum atomic E-state index is -0.520. The van der Waals surface area contributed by atoms with E-state index in [0.717, 1.165) is 23.7 Å². The van der Waals surface area contributed by atoms with Crippen molar-refractivity contribution in [2.24, 2.45) is 5.10 Å². The molecule has 3 rings (SSSR count). The second-order valence-corrected chi connectivity index (χ2v) is 8.77. The highest BCUT2D eigenvalue weighted by Gasteiger charge is 2.12. The van der Waals surface area contributed by atoms with Crippen LogP contribution in [0.15, 0.2) is 76.3 Å². The number of nitrogens with one attached hydrogen (secondary N) is 1. The van der Waals surface area contributed by atoms with E-state index < -0.39 is 11.9 Å². The van der Waals surface area contributed by atoms with Crippen molar-refractivity contribution in [1.82, 2.24) is 5.43 Å². The first-order chi connectivity index (χ1) is 17.5. The number of carbonyl (C=O) groups is 2. The molecule has 0 radical (unpaired) electrons. The lowest BCUT2D eigenvalue weighted by Gasteiger charge is -2.09. The predicted molar refractivity (Wildman–Crippen MR) is 143 cm³/mol. The summed E-state index contributed by atoms with van der Waals surface area (Å²) in [6, 6.07) is 19.5. The molecule has 7 nitrogen and oxygen atoms in total. The number of ether oxygens (including phenoxy) is 3. The second-order valence-electron chi connectivity index (χ2n) is 7.86. The van der Waals surface area contributed by atoms with Gasteiger partial charge in [0.05, 0.1) is 18.4 Å². The SMILES string of the molecule is CCCCc1ccc(OCC(=O)N/N=C\c2cc(Br)ccc2OC(=O)c2ccc(OCC)cc2)cc1. The van der Waals surface area contributed by atoms with Crippen molar-refractivity contribution in [2.45, 2.75) is 33.1 Å². The van der Waals surface area contributed by atoms with Crippen LogP contribution in [-0.4, -0.2) is 31.3 Å². The fourth-order valence-electron chi connectivity index (χ4n) is 3.21. The lowest BCUT2D eigenvalue weighted by molar-refractivity contribution is -0.123. The average molecular weight is 553 g/mol. The van der Waals surface area contributed by atoms with Crippen molar-refractivity contribution in [3.8, 4) is 17.2 Å². The smallest absolute Gasteiger partial charge is 0.343 e. The van der Waals surface area contributed by atoms with Crippen LogP contribution in [0.25, 0.3) is 0 Å². The third-order valence-electron chi connectivity index (χ3n) is 5.08. The summed E-state index contributed by atoms with van der Waals surface area (Å²) in [5, 5.41) is 3.98. The van der Waals surface area contributed by atoms with Crippen LogP contribution < -0.4 is 19.6 Å². The molecule has 0 aromatic heterocycles. The molecule has 0 aliphatic carbocycles. The summed E-state index contributed by atoms with van der Waals surface area (Å²) in [7, 11) is 0. The van der Waals surface area contributed by atoms with Gasteiger partial charge in [0.25, 0.3) is 5.91 Å².